The SMILES string of the molecule is CC1CC(NC2CCN(C(C)C)CC2)CS1. The summed E-state index contributed by atoms with van der Waals surface area (Å²) in [5.74, 6) is 1.32. The molecule has 94 valence electrons. The van der Waals surface area contributed by atoms with E-state index in [1.54, 1.807) is 0 Å². The standard InChI is InChI=1S/C13H26N2S/c1-10(2)15-6-4-12(5-7-15)14-13-8-11(3)16-9-13/h10-14H,4-9H2,1-3H3. The van der Waals surface area contributed by atoms with Gasteiger partial charge in [-0.25, -0.2) is 0 Å². The van der Waals surface area contributed by atoms with E-state index in [9.17, 15) is 0 Å². The van der Waals surface area contributed by atoms with Gasteiger partial charge in [0.1, 0.15) is 0 Å². The zero-order valence-corrected chi connectivity index (χ0v) is 11.7. The fourth-order valence-corrected chi connectivity index (χ4v) is 4.01. The molecule has 0 saturated carbocycles. The first-order chi connectivity index (χ1) is 7.65. The highest BCUT2D eigenvalue weighted by Crippen LogP contribution is 2.27. The molecule has 2 rings (SSSR count). The van der Waals surface area contributed by atoms with Crippen molar-refractivity contribution >= 4 is 11.8 Å². The molecule has 3 heteroatoms. The molecular weight excluding hydrogens is 216 g/mol. The molecule has 2 nitrogen and oxygen atoms in total. The van der Waals surface area contributed by atoms with Crippen molar-refractivity contribution in [3.63, 3.8) is 0 Å². The maximum Gasteiger partial charge on any atom is 0.0171 e. The Morgan fingerprint density at radius 3 is 2.38 bits per heavy atom. The monoisotopic (exact) mass is 242 g/mol. The topological polar surface area (TPSA) is 15.3 Å². The molecule has 2 heterocycles. The van der Waals surface area contributed by atoms with E-state index in [1.165, 1.54) is 38.1 Å². The van der Waals surface area contributed by atoms with Crippen molar-refractivity contribution in [1.29, 1.82) is 0 Å². The average molecular weight is 242 g/mol. The molecule has 0 aromatic carbocycles. The van der Waals surface area contributed by atoms with Gasteiger partial charge in [-0.3, -0.25) is 0 Å². The summed E-state index contributed by atoms with van der Waals surface area (Å²) in [4.78, 5) is 2.60. The van der Waals surface area contributed by atoms with Gasteiger partial charge < -0.3 is 10.2 Å². The van der Waals surface area contributed by atoms with Crippen molar-refractivity contribution in [3.8, 4) is 0 Å². The zero-order valence-electron chi connectivity index (χ0n) is 10.9. The number of hydrogen-bond acceptors (Lipinski definition) is 3. The predicted octanol–water partition coefficient (Wildman–Crippen LogP) is 2.34. The number of thioether (sulfide) groups is 1. The number of piperidine rings is 1. The highest BCUT2D eigenvalue weighted by atomic mass is 32.2. The lowest BCUT2D eigenvalue weighted by Crippen LogP contribution is -2.48. The molecule has 1 N–H and O–H groups in total. The summed E-state index contributed by atoms with van der Waals surface area (Å²) < 4.78 is 0. The van der Waals surface area contributed by atoms with Crippen LogP contribution in [0.15, 0.2) is 0 Å². The van der Waals surface area contributed by atoms with Crippen molar-refractivity contribution < 1.29 is 0 Å². The molecular formula is C13H26N2S. The summed E-state index contributed by atoms with van der Waals surface area (Å²) >= 11 is 2.13. The van der Waals surface area contributed by atoms with Crippen LogP contribution >= 0.6 is 11.8 Å². The Kier molecular flexibility index (Phi) is 4.57. The van der Waals surface area contributed by atoms with Gasteiger partial charge >= 0.3 is 0 Å². The van der Waals surface area contributed by atoms with Crippen LogP contribution in [0.25, 0.3) is 0 Å². The summed E-state index contributed by atoms with van der Waals surface area (Å²) in [7, 11) is 0. The van der Waals surface area contributed by atoms with Gasteiger partial charge in [-0.1, -0.05) is 6.92 Å². The molecule has 2 atom stereocenters. The maximum atomic E-state index is 3.86. The molecule has 0 radical (unpaired) electrons. The van der Waals surface area contributed by atoms with Crippen molar-refractivity contribution in [3.05, 3.63) is 0 Å². The Morgan fingerprint density at radius 2 is 1.88 bits per heavy atom. The number of rotatable bonds is 3. The van der Waals surface area contributed by atoms with Crippen LogP contribution in [-0.4, -0.2) is 47.1 Å². The van der Waals surface area contributed by atoms with Crippen molar-refractivity contribution in [2.24, 2.45) is 0 Å². The summed E-state index contributed by atoms with van der Waals surface area (Å²) in [6.45, 7) is 9.54. The van der Waals surface area contributed by atoms with Crippen molar-refractivity contribution in [2.45, 2.75) is 63.4 Å². The van der Waals surface area contributed by atoms with Gasteiger partial charge in [-0.15, -0.1) is 0 Å². The highest BCUT2D eigenvalue weighted by molar-refractivity contribution is 8.00. The fourth-order valence-electron chi connectivity index (χ4n) is 2.85. The Morgan fingerprint density at radius 1 is 1.19 bits per heavy atom. The minimum atomic E-state index is 0.725. The second-order valence-corrected chi connectivity index (χ2v) is 7.12. The van der Waals surface area contributed by atoms with Gasteiger partial charge in [0.15, 0.2) is 0 Å². The van der Waals surface area contributed by atoms with Gasteiger partial charge in [-0.2, -0.15) is 11.8 Å². The van der Waals surface area contributed by atoms with E-state index in [4.69, 9.17) is 0 Å². The molecule has 2 fully saturated rings. The van der Waals surface area contributed by atoms with E-state index in [2.05, 4.69) is 42.7 Å². The first-order valence-corrected chi connectivity index (χ1v) is 7.81. The minimum absolute atomic E-state index is 0.725. The summed E-state index contributed by atoms with van der Waals surface area (Å²) in [6.07, 6.45) is 4.05. The Hall–Kier alpha value is 0.270. The molecule has 0 bridgehead atoms. The van der Waals surface area contributed by atoms with Crippen molar-refractivity contribution in [2.75, 3.05) is 18.8 Å². The Balaban J connectivity index is 1.69. The van der Waals surface area contributed by atoms with Gasteiger partial charge in [0.05, 0.1) is 0 Å². The highest BCUT2D eigenvalue weighted by Gasteiger charge is 2.26. The van der Waals surface area contributed by atoms with Gasteiger partial charge in [-0.05, 0) is 46.2 Å². The van der Waals surface area contributed by atoms with E-state index in [0.717, 1.165) is 23.4 Å². The first kappa shape index (κ1) is 12.7. The van der Waals surface area contributed by atoms with Gasteiger partial charge in [0.2, 0.25) is 0 Å². The van der Waals surface area contributed by atoms with Crippen LogP contribution in [-0.2, 0) is 0 Å². The molecule has 0 amide bonds. The van der Waals surface area contributed by atoms with E-state index in [0.29, 0.717) is 0 Å². The molecule has 0 aromatic heterocycles. The van der Waals surface area contributed by atoms with Gasteiger partial charge in [0.25, 0.3) is 0 Å². The smallest absolute Gasteiger partial charge is 0.0171 e. The van der Waals surface area contributed by atoms with Crippen LogP contribution in [0.1, 0.15) is 40.0 Å². The lowest BCUT2D eigenvalue weighted by molar-refractivity contribution is 0.157. The average Bonchev–Trinajstić information content (AvgIpc) is 2.65. The van der Waals surface area contributed by atoms with Crippen LogP contribution in [0.3, 0.4) is 0 Å². The number of hydrogen-bond donors (Lipinski definition) is 1. The maximum absolute atomic E-state index is 3.86. The largest absolute Gasteiger partial charge is 0.310 e. The van der Waals surface area contributed by atoms with Crippen LogP contribution in [0, 0.1) is 0 Å². The Bertz CT molecular complexity index is 212. The van der Waals surface area contributed by atoms with Crippen LogP contribution in [0.4, 0.5) is 0 Å². The van der Waals surface area contributed by atoms with E-state index < -0.39 is 0 Å². The molecule has 2 saturated heterocycles. The molecule has 2 unspecified atom stereocenters. The van der Waals surface area contributed by atoms with Crippen LogP contribution in [0.2, 0.25) is 0 Å². The third kappa shape index (κ3) is 3.38. The Labute approximate surface area is 105 Å². The van der Waals surface area contributed by atoms with E-state index >= 15 is 0 Å². The van der Waals surface area contributed by atoms with Crippen LogP contribution in [0.5, 0.6) is 0 Å². The van der Waals surface area contributed by atoms with Crippen molar-refractivity contribution in [1.82, 2.24) is 10.2 Å². The molecule has 2 aliphatic heterocycles. The minimum Gasteiger partial charge on any atom is -0.310 e. The lowest BCUT2D eigenvalue weighted by atomic mass is 10.0. The first-order valence-electron chi connectivity index (χ1n) is 6.77. The lowest BCUT2D eigenvalue weighted by Gasteiger charge is -2.36. The molecule has 2 aliphatic rings. The number of likely N-dealkylation sites (tertiary alicyclic amines) is 1. The summed E-state index contributed by atoms with van der Waals surface area (Å²) in [6, 6.07) is 2.30. The quantitative estimate of drug-likeness (QED) is 0.818. The summed E-state index contributed by atoms with van der Waals surface area (Å²) in [5, 5.41) is 4.73. The third-order valence-corrected chi connectivity index (χ3v) is 5.29. The molecule has 0 aromatic rings. The molecule has 0 aliphatic carbocycles. The predicted molar refractivity (Wildman–Crippen MR) is 73.2 cm³/mol. The van der Waals surface area contributed by atoms with Gasteiger partial charge in [0, 0.05) is 29.1 Å². The molecule has 16 heavy (non-hydrogen) atoms. The van der Waals surface area contributed by atoms with E-state index in [1.807, 2.05) is 0 Å². The number of nitrogens with one attached hydrogen (secondary N) is 1. The zero-order chi connectivity index (χ0) is 11.5. The number of nitrogens with zero attached hydrogens (tertiary/aromatic N) is 1. The second-order valence-electron chi connectivity index (χ2n) is 5.65. The van der Waals surface area contributed by atoms with Crippen LogP contribution < -0.4 is 5.32 Å². The summed E-state index contributed by atoms with van der Waals surface area (Å²) in [5.41, 5.74) is 0. The van der Waals surface area contributed by atoms with E-state index in [-0.39, 0.29) is 0 Å². The third-order valence-electron chi connectivity index (χ3n) is 3.93. The molecule has 0 spiro atoms. The fraction of sp³-hybridized carbons (Fsp3) is 1.00. The normalized spacial score (nSPS) is 33.8. The second kappa shape index (κ2) is 5.74.